The number of hydrogen-bond donors (Lipinski definition) is 2. The Labute approximate surface area is 185 Å². The first-order valence-corrected chi connectivity index (χ1v) is 11.5. The molecule has 1 aromatic carbocycles. The van der Waals surface area contributed by atoms with Gasteiger partial charge in [-0.05, 0) is 63.6 Å². The number of carbonyl (C=O) groups excluding carboxylic acids is 2. The summed E-state index contributed by atoms with van der Waals surface area (Å²) >= 11 is 0. The standard InChI is InChI=1S/C24H34N4O3/c25-15-7-8-18-28(21-11-16-26-17-12-21)22(29)24(13-5-2-6-14-24)31-23(30)27-19-20-9-3-1-4-10-20/h1,3-4,9-10,21,26H,2,5-8,11-14,16-19H2,(H,27,30). The molecule has 1 saturated heterocycles. The molecule has 0 aromatic heterocycles. The molecule has 0 spiro atoms. The lowest BCUT2D eigenvalue weighted by Crippen LogP contribution is -2.58. The fourth-order valence-electron chi connectivity index (χ4n) is 4.62. The summed E-state index contributed by atoms with van der Waals surface area (Å²) in [5.74, 6) is -0.0769. The summed E-state index contributed by atoms with van der Waals surface area (Å²) in [6, 6.07) is 12.0. The minimum absolute atomic E-state index is 0.0769. The van der Waals surface area contributed by atoms with Crippen molar-refractivity contribution >= 4 is 12.0 Å². The number of hydrogen-bond acceptors (Lipinski definition) is 5. The molecule has 31 heavy (non-hydrogen) atoms. The third-order valence-electron chi connectivity index (χ3n) is 6.32. The van der Waals surface area contributed by atoms with E-state index in [0.717, 1.165) is 50.8 Å². The molecular weight excluding hydrogens is 392 g/mol. The number of alkyl carbamates (subject to hydrolysis) is 1. The van der Waals surface area contributed by atoms with Gasteiger partial charge in [-0.2, -0.15) is 5.26 Å². The van der Waals surface area contributed by atoms with Gasteiger partial charge in [-0.3, -0.25) is 4.79 Å². The number of ether oxygens (including phenoxy) is 1. The van der Waals surface area contributed by atoms with Crippen LogP contribution in [-0.4, -0.2) is 48.2 Å². The first-order chi connectivity index (χ1) is 15.1. The van der Waals surface area contributed by atoms with Crippen LogP contribution < -0.4 is 10.6 Å². The molecule has 1 heterocycles. The summed E-state index contributed by atoms with van der Waals surface area (Å²) in [5.41, 5.74) is -0.118. The summed E-state index contributed by atoms with van der Waals surface area (Å²) in [4.78, 5) is 28.4. The first-order valence-electron chi connectivity index (χ1n) is 11.5. The Kier molecular flexibility index (Phi) is 8.72. The fraction of sp³-hybridized carbons (Fsp3) is 0.625. The molecule has 7 nitrogen and oxygen atoms in total. The van der Waals surface area contributed by atoms with Gasteiger partial charge >= 0.3 is 6.09 Å². The van der Waals surface area contributed by atoms with Gasteiger partial charge in [0.2, 0.25) is 0 Å². The molecule has 0 bridgehead atoms. The SMILES string of the molecule is N#CCCCN(C(=O)C1(OC(=O)NCc2ccccc2)CCCCC1)C1CCNCC1. The van der Waals surface area contributed by atoms with E-state index in [1.807, 2.05) is 35.2 Å². The van der Waals surface area contributed by atoms with Crippen molar-refractivity contribution in [2.75, 3.05) is 19.6 Å². The van der Waals surface area contributed by atoms with Gasteiger partial charge < -0.3 is 20.3 Å². The maximum absolute atomic E-state index is 13.8. The van der Waals surface area contributed by atoms with Crippen molar-refractivity contribution in [1.82, 2.24) is 15.5 Å². The molecule has 0 radical (unpaired) electrons. The number of rotatable bonds is 8. The maximum Gasteiger partial charge on any atom is 0.408 e. The number of unbranched alkanes of at least 4 members (excludes halogenated alkanes) is 1. The quantitative estimate of drug-likeness (QED) is 0.621. The number of amides is 2. The number of piperidine rings is 1. The van der Waals surface area contributed by atoms with Crippen LogP contribution in [-0.2, 0) is 16.1 Å². The highest BCUT2D eigenvalue weighted by Crippen LogP contribution is 2.35. The van der Waals surface area contributed by atoms with Crippen molar-refractivity contribution < 1.29 is 14.3 Å². The largest absolute Gasteiger partial charge is 0.433 e. The topological polar surface area (TPSA) is 94.5 Å². The van der Waals surface area contributed by atoms with Gasteiger partial charge in [-0.15, -0.1) is 0 Å². The lowest BCUT2D eigenvalue weighted by atomic mass is 9.82. The predicted octanol–water partition coefficient (Wildman–Crippen LogP) is 3.50. The summed E-state index contributed by atoms with van der Waals surface area (Å²) in [7, 11) is 0. The highest BCUT2D eigenvalue weighted by atomic mass is 16.6. The Hall–Kier alpha value is -2.59. The van der Waals surface area contributed by atoms with E-state index in [9.17, 15) is 9.59 Å². The Morgan fingerprint density at radius 2 is 1.87 bits per heavy atom. The van der Waals surface area contributed by atoms with Crippen LogP contribution in [0.1, 0.15) is 63.4 Å². The third kappa shape index (κ3) is 6.44. The number of nitrogens with zero attached hydrogens (tertiary/aromatic N) is 2. The fourth-order valence-corrected chi connectivity index (χ4v) is 4.62. The lowest BCUT2D eigenvalue weighted by Gasteiger charge is -2.43. The monoisotopic (exact) mass is 426 g/mol. The van der Waals surface area contributed by atoms with Crippen LogP contribution in [0.3, 0.4) is 0 Å². The summed E-state index contributed by atoms with van der Waals surface area (Å²) in [5, 5.41) is 15.1. The summed E-state index contributed by atoms with van der Waals surface area (Å²) < 4.78 is 5.92. The number of benzene rings is 1. The third-order valence-corrected chi connectivity index (χ3v) is 6.32. The number of nitrogens with one attached hydrogen (secondary N) is 2. The average molecular weight is 427 g/mol. The Morgan fingerprint density at radius 3 is 2.55 bits per heavy atom. The minimum Gasteiger partial charge on any atom is -0.433 e. The van der Waals surface area contributed by atoms with Crippen LogP contribution >= 0.6 is 0 Å². The van der Waals surface area contributed by atoms with Crippen LogP contribution in [0.15, 0.2) is 30.3 Å². The molecule has 2 amide bonds. The van der Waals surface area contributed by atoms with Gasteiger partial charge in [0.15, 0.2) is 5.60 Å². The lowest BCUT2D eigenvalue weighted by molar-refractivity contribution is -0.158. The second-order valence-electron chi connectivity index (χ2n) is 8.53. The minimum atomic E-state index is -1.10. The van der Waals surface area contributed by atoms with Gasteiger partial charge in [-0.25, -0.2) is 4.79 Å². The van der Waals surface area contributed by atoms with E-state index in [0.29, 0.717) is 38.8 Å². The summed E-state index contributed by atoms with van der Waals surface area (Å²) in [6.45, 7) is 2.65. The van der Waals surface area contributed by atoms with Crippen molar-refractivity contribution in [2.24, 2.45) is 0 Å². The van der Waals surface area contributed by atoms with Crippen molar-refractivity contribution in [3.8, 4) is 6.07 Å². The molecule has 1 aromatic rings. The van der Waals surface area contributed by atoms with Gasteiger partial charge in [-0.1, -0.05) is 36.8 Å². The van der Waals surface area contributed by atoms with Crippen LogP contribution in [0.5, 0.6) is 0 Å². The van der Waals surface area contributed by atoms with E-state index >= 15 is 0 Å². The number of carbonyl (C=O) groups is 2. The predicted molar refractivity (Wildman–Crippen MR) is 118 cm³/mol. The van der Waals surface area contributed by atoms with E-state index in [1.54, 1.807) is 0 Å². The molecule has 1 aliphatic heterocycles. The van der Waals surface area contributed by atoms with Gasteiger partial charge in [0, 0.05) is 25.6 Å². The molecule has 3 rings (SSSR count). The molecule has 168 valence electrons. The Balaban J connectivity index is 1.71. The molecular formula is C24H34N4O3. The van der Waals surface area contributed by atoms with Crippen LogP contribution in [0.25, 0.3) is 0 Å². The van der Waals surface area contributed by atoms with Crippen LogP contribution in [0.2, 0.25) is 0 Å². The second-order valence-corrected chi connectivity index (χ2v) is 8.53. The maximum atomic E-state index is 13.8. The van der Waals surface area contributed by atoms with Crippen molar-refractivity contribution in [1.29, 1.82) is 5.26 Å². The van der Waals surface area contributed by atoms with Gasteiger partial charge in [0.25, 0.3) is 5.91 Å². The zero-order valence-corrected chi connectivity index (χ0v) is 18.3. The van der Waals surface area contributed by atoms with Crippen molar-refractivity contribution in [3.63, 3.8) is 0 Å². The second kappa shape index (κ2) is 11.7. The molecule has 0 unspecified atom stereocenters. The zero-order valence-electron chi connectivity index (χ0n) is 18.3. The van der Waals surface area contributed by atoms with Crippen LogP contribution in [0.4, 0.5) is 4.79 Å². The van der Waals surface area contributed by atoms with E-state index in [-0.39, 0.29) is 11.9 Å². The molecule has 2 aliphatic rings. The van der Waals surface area contributed by atoms with Crippen molar-refractivity contribution in [3.05, 3.63) is 35.9 Å². The zero-order chi connectivity index (χ0) is 21.9. The highest BCUT2D eigenvalue weighted by molar-refractivity contribution is 5.88. The van der Waals surface area contributed by atoms with Crippen LogP contribution in [0, 0.1) is 11.3 Å². The van der Waals surface area contributed by atoms with Gasteiger partial charge in [0.05, 0.1) is 6.07 Å². The van der Waals surface area contributed by atoms with E-state index in [4.69, 9.17) is 10.00 Å². The average Bonchev–Trinajstić information content (AvgIpc) is 2.82. The number of nitriles is 1. The van der Waals surface area contributed by atoms with E-state index in [1.165, 1.54) is 0 Å². The van der Waals surface area contributed by atoms with Crippen molar-refractivity contribution in [2.45, 2.75) is 76.0 Å². The van der Waals surface area contributed by atoms with Gasteiger partial charge in [0.1, 0.15) is 0 Å². The van der Waals surface area contributed by atoms with E-state index in [2.05, 4.69) is 16.7 Å². The first kappa shape index (κ1) is 23.1. The Bertz CT molecular complexity index is 750. The summed E-state index contributed by atoms with van der Waals surface area (Å²) in [6.07, 6.45) is 6.19. The normalized spacial score (nSPS) is 18.5. The molecule has 1 aliphatic carbocycles. The smallest absolute Gasteiger partial charge is 0.408 e. The highest BCUT2D eigenvalue weighted by Gasteiger charge is 2.47. The van der Waals surface area contributed by atoms with E-state index < -0.39 is 11.7 Å². The molecule has 2 fully saturated rings. The Morgan fingerprint density at radius 1 is 1.16 bits per heavy atom. The molecule has 0 atom stereocenters. The molecule has 2 N–H and O–H groups in total. The molecule has 1 saturated carbocycles. The molecule has 7 heteroatoms.